The Hall–Kier alpha value is -4.02. The monoisotopic (exact) mass is 487 g/mol. The Morgan fingerprint density at radius 1 is 1.11 bits per heavy atom. The first-order valence-corrected chi connectivity index (χ1v) is 10.8. The predicted molar refractivity (Wildman–Crippen MR) is 123 cm³/mol. The lowest BCUT2D eigenvalue weighted by atomic mass is 9.92. The third-order valence-corrected chi connectivity index (χ3v) is 6.01. The molecule has 0 saturated heterocycles. The van der Waals surface area contributed by atoms with Gasteiger partial charge in [-0.15, -0.1) is 0 Å². The zero-order valence-corrected chi connectivity index (χ0v) is 19.3. The van der Waals surface area contributed by atoms with Crippen molar-refractivity contribution in [3.63, 3.8) is 0 Å². The van der Waals surface area contributed by atoms with Crippen molar-refractivity contribution in [2.45, 2.75) is 12.2 Å². The van der Waals surface area contributed by atoms with Gasteiger partial charge >= 0.3 is 12.2 Å². The molecule has 2 heterocycles. The maximum Gasteiger partial charge on any atom is 0.416 e. The number of halogens is 3. The number of carbonyl (C=O) groups excluding carboxylic acids is 3. The van der Waals surface area contributed by atoms with Crippen LogP contribution in [0.2, 0.25) is 0 Å². The summed E-state index contributed by atoms with van der Waals surface area (Å²) < 4.78 is 41.0. The molecule has 4 amide bonds. The minimum absolute atomic E-state index is 0.0203. The van der Waals surface area contributed by atoms with Crippen LogP contribution in [0, 0.1) is 0 Å². The van der Waals surface area contributed by atoms with Crippen LogP contribution in [0.15, 0.2) is 59.8 Å². The summed E-state index contributed by atoms with van der Waals surface area (Å²) in [5.41, 5.74) is 0.605. The molecule has 0 bridgehead atoms. The minimum Gasteiger partial charge on any atom is -0.378 e. The van der Waals surface area contributed by atoms with Crippen LogP contribution in [0.25, 0.3) is 0 Å². The van der Waals surface area contributed by atoms with E-state index in [9.17, 15) is 27.6 Å². The van der Waals surface area contributed by atoms with Gasteiger partial charge in [-0.1, -0.05) is 18.2 Å². The highest BCUT2D eigenvalue weighted by Crippen LogP contribution is 2.41. The summed E-state index contributed by atoms with van der Waals surface area (Å²) in [6.45, 7) is -0.396. The molecule has 2 aromatic rings. The Balaban J connectivity index is 1.56. The molecule has 8 nitrogen and oxygen atoms in total. The largest absolute Gasteiger partial charge is 0.416 e. The summed E-state index contributed by atoms with van der Waals surface area (Å²) in [4.78, 5) is 42.7. The summed E-state index contributed by atoms with van der Waals surface area (Å²) in [5, 5.41) is 5.22. The van der Waals surface area contributed by atoms with Crippen LogP contribution in [0.1, 0.15) is 17.2 Å². The van der Waals surface area contributed by atoms with Gasteiger partial charge in [-0.2, -0.15) is 13.2 Å². The van der Waals surface area contributed by atoms with Crippen LogP contribution in [0.4, 0.5) is 29.3 Å². The molecule has 11 heteroatoms. The lowest BCUT2D eigenvalue weighted by Gasteiger charge is -2.32. The Morgan fingerprint density at radius 2 is 1.77 bits per heavy atom. The molecule has 0 spiro atoms. The Morgan fingerprint density at radius 3 is 2.40 bits per heavy atom. The number of alkyl halides is 3. The average Bonchev–Trinajstić information content (AvgIpc) is 3.12. The molecule has 2 N–H and O–H groups in total. The van der Waals surface area contributed by atoms with E-state index in [2.05, 4.69) is 10.6 Å². The molecule has 0 unspecified atom stereocenters. The number of hydrogen-bond donors (Lipinski definition) is 2. The second kappa shape index (κ2) is 8.97. The fraction of sp³-hybridized carbons (Fsp3) is 0.292. The van der Waals surface area contributed by atoms with E-state index in [0.717, 1.165) is 11.8 Å². The van der Waals surface area contributed by atoms with Gasteiger partial charge in [0.15, 0.2) is 0 Å². The molecule has 0 saturated carbocycles. The molecule has 0 aromatic heterocycles. The average molecular weight is 487 g/mol. The summed E-state index contributed by atoms with van der Waals surface area (Å²) in [7, 11) is 5.20. The standard InChI is InChI=1S/C24H24F3N5O3/c1-30(2)15-10-8-14(9-11-15)28-19(33)13-32-12-18-20(22(32)34)21(29-23(35)31(18)3)16-6-4-5-7-17(16)24(25,26)27/h4-11,21H,12-13H2,1-3H3,(H,28,33)(H,29,35)/t21-/m1/s1. The van der Waals surface area contributed by atoms with Crippen LogP contribution in [0.3, 0.4) is 0 Å². The van der Waals surface area contributed by atoms with Crippen molar-refractivity contribution in [1.29, 1.82) is 0 Å². The second-order valence-electron chi connectivity index (χ2n) is 8.54. The van der Waals surface area contributed by atoms with Gasteiger partial charge < -0.3 is 20.4 Å². The third kappa shape index (κ3) is 4.66. The summed E-state index contributed by atoms with van der Waals surface area (Å²) in [5.74, 6) is -1.07. The number of nitrogens with one attached hydrogen (secondary N) is 2. The van der Waals surface area contributed by atoms with Crippen molar-refractivity contribution in [1.82, 2.24) is 15.1 Å². The molecule has 2 aliphatic rings. The van der Waals surface area contributed by atoms with Crippen LogP contribution in [-0.2, 0) is 15.8 Å². The molecule has 0 radical (unpaired) electrons. The summed E-state index contributed by atoms with van der Waals surface area (Å²) >= 11 is 0. The fourth-order valence-corrected chi connectivity index (χ4v) is 4.21. The van der Waals surface area contributed by atoms with Gasteiger partial charge in [0.1, 0.15) is 6.54 Å². The predicted octanol–water partition coefficient (Wildman–Crippen LogP) is 3.20. The lowest BCUT2D eigenvalue weighted by molar-refractivity contribution is -0.138. The number of hydrogen-bond acceptors (Lipinski definition) is 4. The zero-order valence-electron chi connectivity index (χ0n) is 19.3. The van der Waals surface area contributed by atoms with E-state index in [1.807, 2.05) is 31.1 Å². The Kier molecular flexibility index (Phi) is 6.18. The number of benzene rings is 2. The highest BCUT2D eigenvalue weighted by Gasteiger charge is 2.46. The van der Waals surface area contributed by atoms with E-state index < -0.39 is 35.6 Å². The number of urea groups is 1. The molecule has 2 aromatic carbocycles. The number of carbonyl (C=O) groups is 3. The number of nitrogens with zero attached hydrogens (tertiary/aromatic N) is 3. The van der Waals surface area contributed by atoms with Gasteiger partial charge in [0.25, 0.3) is 5.91 Å². The van der Waals surface area contributed by atoms with Crippen LogP contribution in [-0.4, -0.2) is 61.9 Å². The van der Waals surface area contributed by atoms with Crippen molar-refractivity contribution < 1.29 is 27.6 Å². The zero-order chi connectivity index (χ0) is 25.5. The first-order chi connectivity index (χ1) is 16.5. The van der Waals surface area contributed by atoms with Crippen molar-refractivity contribution in [2.24, 2.45) is 0 Å². The molecule has 0 fully saturated rings. The van der Waals surface area contributed by atoms with Gasteiger partial charge in [0, 0.05) is 32.5 Å². The van der Waals surface area contributed by atoms with E-state index in [0.29, 0.717) is 5.69 Å². The van der Waals surface area contributed by atoms with Crippen molar-refractivity contribution in [3.8, 4) is 0 Å². The number of anilines is 2. The van der Waals surface area contributed by atoms with E-state index in [-0.39, 0.29) is 29.9 Å². The smallest absolute Gasteiger partial charge is 0.378 e. The quantitative estimate of drug-likeness (QED) is 0.679. The highest BCUT2D eigenvalue weighted by atomic mass is 19.4. The van der Waals surface area contributed by atoms with Gasteiger partial charge in [-0.25, -0.2) is 4.79 Å². The van der Waals surface area contributed by atoms with Gasteiger partial charge in [-0.05, 0) is 35.9 Å². The van der Waals surface area contributed by atoms with Crippen molar-refractivity contribution >= 4 is 29.2 Å². The molecule has 35 heavy (non-hydrogen) atoms. The molecular weight excluding hydrogens is 463 g/mol. The SMILES string of the molecule is CN1C(=O)N[C@H](c2ccccc2C(F)(F)F)C2=C1CN(CC(=O)Nc1ccc(N(C)C)cc1)C2=O. The molecule has 184 valence electrons. The molecule has 4 rings (SSSR count). The van der Waals surface area contributed by atoms with Crippen LogP contribution in [0.5, 0.6) is 0 Å². The lowest BCUT2D eigenvalue weighted by Crippen LogP contribution is -2.45. The Bertz CT molecular complexity index is 1210. The topological polar surface area (TPSA) is 85.0 Å². The normalized spacial score (nSPS) is 17.9. The molecule has 0 aliphatic carbocycles. The van der Waals surface area contributed by atoms with E-state index >= 15 is 0 Å². The Labute approximate surface area is 200 Å². The van der Waals surface area contributed by atoms with Gasteiger partial charge in [-0.3, -0.25) is 14.5 Å². The number of likely N-dealkylation sites (N-methyl/N-ethyl adjacent to an activating group) is 1. The third-order valence-electron chi connectivity index (χ3n) is 6.01. The van der Waals surface area contributed by atoms with Gasteiger partial charge in [0.2, 0.25) is 5.91 Å². The summed E-state index contributed by atoms with van der Waals surface area (Å²) in [6, 6.07) is 9.99. The maximum absolute atomic E-state index is 13.7. The van der Waals surface area contributed by atoms with Crippen molar-refractivity contribution in [2.75, 3.05) is 44.4 Å². The molecular formula is C24H24F3N5O3. The van der Waals surface area contributed by atoms with Crippen LogP contribution >= 0.6 is 0 Å². The highest BCUT2D eigenvalue weighted by molar-refractivity contribution is 6.04. The molecule has 2 aliphatic heterocycles. The molecule has 1 atom stereocenters. The minimum atomic E-state index is -4.67. The van der Waals surface area contributed by atoms with Gasteiger partial charge in [0.05, 0.1) is 29.4 Å². The van der Waals surface area contributed by atoms with E-state index in [1.165, 1.54) is 35.0 Å². The first-order valence-electron chi connectivity index (χ1n) is 10.8. The second-order valence-corrected chi connectivity index (χ2v) is 8.54. The van der Waals surface area contributed by atoms with Crippen molar-refractivity contribution in [3.05, 3.63) is 70.9 Å². The van der Waals surface area contributed by atoms with E-state index in [1.54, 1.807) is 12.1 Å². The number of rotatable bonds is 5. The first kappa shape index (κ1) is 24.1. The maximum atomic E-state index is 13.7. The summed E-state index contributed by atoms with van der Waals surface area (Å²) in [6.07, 6.45) is -4.67. The number of amides is 4. The van der Waals surface area contributed by atoms with Crippen LogP contribution < -0.4 is 15.5 Å². The fourth-order valence-electron chi connectivity index (χ4n) is 4.21. The van der Waals surface area contributed by atoms with E-state index in [4.69, 9.17) is 0 Å².